The average molecular weight is 292 g/mol. The molecule has 0 radical (unpaired) electrons. The second-order valence-corrected chi connectivity index (χ2v) is 5.19. The topological polar surface area (TPSA) is 50.8 Å². The molecule has 5 nitrogen and oxygen atoms in total. The van der Waals surface area contributed by atoms with Crippen LogP contribution in [0.3, 0.4) is 0 Å². The Morgan fingerprint density at radius 1 is 1.48 bits per heavy atom. The van der Waals surface area contributed by atoms with Gasteiger partial charge in [0.05, 0.1) is 7.11 Å². The third-order valence-corrected chi connectivity index (χ3v) is 3.64. The van der Waals surface area contributed by atoms with Crippen molar-refractivity contribution >= 4 is 11.6 Å². The Morgan fingerprint density at radius 3 is 3.10 bits per heavy atom. The Hall–Kier alpha value is -1.75. The fourth-order valence-corrected chi connectivity index (χ4v) is 2.60. The highest BCUT2D eigenvalue weighted by molar-refractivity contribution is 5.77. The minimum Gasteiger partial charge on any atom is -0.497 e. The number of ether oxygens (including phenoxy) is 2. The molecule has 1 heterocycles. The Balaban J connectivity index is 1.92. The number of methoxy groups -OCH3 is 1. The number of benzene rings is 1. The van der Waals surface area contributed by atoms with Crippen LogP contribution in [0.5, 0.6) is 5.75 Å². The highest BCUT2D eigenvalue weighted by Gasteiger charge is 2.21. The number of rotatable bonds is 6. The molecular weight excluding hydrogens is 268 g/mol. The molecule has 1 fully saturated rings. The molecule has 1 aromatic carbocycles. The lowest BCUT2D eigenvalue weighted by Crippen LogP contribution is -2.48. The molecule has 1 N–H and O–H groups in total. The summed E-state index contributed by atoms with van der Waals surface area (Å²) in [5.41, 5.74) is 1.14. The zero-order chi connectivity index (χ0) is 15.1. The molecule has 1 amide bonds. The number of carbonyl (C=O) groups excluding carboxylic acids is 1. The van der Waals surface area contributed by atoms with Crippen LogP contribution < -0.4 is 15.0 Å². The number of carbonyl (C=O) groups is 1. The van der Waals surface area contributed by atoms with Gasteiger partial charge in [-0.05, 0) is 31.9 Å². The second kappa shape index (κ2) is 7.88. The third kappa shape index (κ3) is 4.63. The normalized spacial score (nSPS) is 18.4. The standard InChI is InChI=1S/C16H24N2O3/c1-3-21-12-16(19)17-13-6-5-9-18(11-13)14-7-4-8-15(10-14)20-2/h4,7-8,10,13H,3,5-6,9,11-12H2,1-2H3,(H,17,19)/t13-/m0/s1. The van der Waals surface area contributed by atoms with E-state index in [4.69, 9.17) is 9.47 Å². The number of hydrogen-bond donors (Lipinski definition) is 1. The van der Waals surface area contributed by atoms with Crippen molar-refractivity contribution in [3.63, 3.8) is 0 Å². The van der Waals surface area contributed by atoms with E-state index in [9.17, 15) is 4.79 Å². The molecule has 21 heavy (non-hydrogen) atoms. The molecule has 1 aliphatic heterocycles. The molecule has 1 aromatic rings. The second-order valence-electron chi connectivity index (χ2n) is 5.19. The van der Waals surface area contributed by atoms with Gasteiger partial charge >= 0.3 is 0 Å². The van der Waals surface area contributed by atoms with Crippen molar-refractivity contribution in [1.29, 1.82) is 0 Å². The van der Waals surface area contributed by atoms with E-state index in [-0.39, 0.29) is 18.6 Å². The van der Waals surface area contributed by atoms with E-state index in [0.29, 0.717) is 6.61 Å². The van der Waals surface area contributed by atoms with E-state index in [1.807, 2.05) is 25.1 Å². The van der Waals surface area contributed by atoms with Crippen molar-refractivity contribution in [3.8, 4) is 5.75 Å². The van der Waals surface area contributed by atoms with E-state index in [1.165, 1.54) is 0 Å². The molecule has 116 valence electrons. The third-order valence-electron chi connectivity index (χ3n) is 3.64. The van der Waals surface area contributed by atoms with Crippen molar-refractivity contribution in [2.45, 2.75) is 25.8 Å². The van der Waals surface area contributed by atoms with Crippen LogP contribution in [0.1, 0.15) is 19.8 Å². The molecular formula is C16H24N2O3. The lowest BCUT2D eigenvalue weighted by atomic mass is 10.0. The van der Waals surface area contributed by atoms with Crippen molar-refractivity contribution in [3.05, 3.63) is 24.3 Å². The predicted octanol–water partition coefficient (Wildman–Crippen LogP) is 1.82. The van der Waals surface area contributed by atoms with Gasteiger partial charge in [0.2, 0.25) is 5.91 Å². The van der Waals surface area contributed by atoms with Crippen LogP contribution >= 0.6 is 0 Å². The van der Waals surface area contributed by atoms with Crippen LogP contribution in [0.25, 0.3) is 0 Å². The summed E-state index contributed by atoms with van der Waals surface area (Å²) >= 11 is 0. The summed E-state index contributed by atoms with van der Waals surface area (Å²) in [7, 11) is 1.67. The maximum absolute atomic E-state index is 11.7. The van der Waals surface area contributed by atoms with Crippen molar-refractivity contribution in [2.75, 3.05) is 38.3 Å². The van der Waals surface area contributed by atoms with Crippen molar-refractivity contribution in [1.82, 2.24) is 5.32 Å². The number of nitrogens with zero attached hydrogens (tertiary/aromatic N) is 1. The first-order valence-electron chi connectivity index (χ1n) is 7.49. The van der Waals surface area contributed by atoms with E-state index in [1.54, 1.807) is 7.11 Å². The van der Waals surface area contributed by atoms with Gasteiger partial charge in [-0.25, -0.2) is 0 Å². The monoisotopic (exact) mass is 292 g/mol. The minimum absolute atomic E-state index is 0.0330. The molecule has 5 heteroatoms. The van der Waals surface area contributed by atoms with Gasteiger partial charge in [0, 0.05) is 37.5 Å². The van der Waals surface area contributed by atoms with Gasteiger partial charge in [0.15, 0.2) is 0 Å². The van der Waals surface area contributed by atoms with Gasteiger partial charge in [-0.2, -0.15) is 0 Å². The van der Waals surface area contributed by atoms with Crippen molar-refractivity contribution < 1.29 is 14.3 Å². The fourth-order valence-electron chi connectivity index (χ4n) is 2.60. The number of anilines is 1. The first kappa shape index (κ1) is 15.6. The van der Waals surface area contributed by atoms with E-state index in [2.05, 4.69) is 16.3 Å². The minimum atomic E-state index is -0.0330. The van der Waals surface area contributed by atoms with E-state index >= 15 is 0 Å². The highest BCUT2D eigenvalue weighted by atomic mass is 16.5. The summed E-state index contributed by atoms with van der Waals surface area (Å²) < 4.78 is 10.4. The quantitative estimate of drug-likeness (QED) is 0.869. The molecule has 1 saturated heterocycles. The SMILES string of the molecule is CCOCC(=O)N[C@H]1CCCN(c2cccc(OC)c2)C1. The number of nitrogens with one attached hydrogen (secondary N) is 1. The van der Waals surface area contributed by atoms with Gasteiger partial charge in [0.25, 0.3) is 0 Å². The Morgan fingerprint density at radius 2 is 2.33 bits per heavy atom. The molecule has 1 aliphatic rings. The number of amides is 1. The van der Waals surface area contributed by atoms with Crippen LogP contribution in [0, 0.1) is 0 Å². The average Bonchev–Trinajstić information content (AvgIpc) is 2.53. The zero-order valence-corrected chi connectivity index (χ0v) is 12.8. The lowest BCUT2D eigenvalue weighted by molar-refractivity contribution is -0.126. The summed E-state index contributed by atoms with van der Waals surface area (Å²) in [6, 6.07) is 8.22. The van der Waals surface area contributed by atoms with Gasteiger partial charge in [-0.3, -0.25) is 4.79 Å². The molecule has 0 bridgehead atoms. The van der Waals surface area contributed by atoms with Crippen LogP contribution in [0.15, 0.2) is 24.3 Å². The van der Waals surface area contributed by atoms with Gasteiger partial charge in [0.1, 0.15) is 12.4 Å². The Bertz CT molecular complexity index is 465. The molecule has 0 unspecified atom stereocenters. The smallest absolute Gasteiger partial charge is 0.246 e. The Kier molecular flexibility index (Phi) is 5.87. The molecule has 0 aromatic heterocycles. The molecule has 0 spiro atoms. The van der Waals surface area contributed by atoms with Crippen molar-refractivity contribution in [2.24, 2.45) is 0 Å². The highest BCUT2D eigenvalue weighted by Crippen LogP contribution is 2.24. The number of piperidine rings is 1. The summed E-state index contributed by atoms with van der Waals surface area (Å²) in [6.45, 7) is 4.43. The van der Waals surface area contributed by atoms with E-state index < -0.39 is 0 Å². The molecule has 2 rings (SSSR count). The van der Waals surface area contributed by atoms with Crippen LogP contribution in [-0.2, 0) is 9.53 Å². The largest absolute Gasteiger partial charge is 0.497 e. The number of hydrogen-bond acceptors (Lipinski definition) is 4. The predicted molar refractivity (Wildman–Crippen MR) is 82.9 cm³/mol. The molecule has 1 atom stereocenters. The van der Waals surface area contributed by atoms with Crippen LogP contribution in [0.4, 0.5) is 5.69 Å². The first-order chi connectivity index (χ1) is 10.2. The maximum atomic E-state index is 11.7. The summed E-state index contributed by atoms with van der Waals surface area (Å²) in [5.74, 6) is 0.823. The van der Waals surface area contributed by atoms with Crippen LogP contribution in [-0.4, -0.2) is 45.4 Å². The van der Waals surface area contributed by atoms with Gasteiger partial charge in [-0.15, -0.1) is 0 Å². The Labute approximate surface area is 126 Å². The summed E-state index contributed by atoms with van der Waals surface area (Å²) in [4.78, 5) is 14.0. The maximum Gasteiger partial charge on any atom is 0.246 e. The fraction of sp³-hybridized carbons (Fsp3) is 0.562. The van der Waals surface area contributed by atoms with Gasteiger partial charge < -0.3 is 19.7 Å². The summed E-state index contributed by atoms with van der Waals surface area (Å²) in [6.07, 6.45) is 2.08. The molecule has 0 aliphatic carbocycles. The lowest BCUT2D eigenvalue weighted by Gasteiger charge is -2.34. The van der Waals surface area contributed by atoms with Gasteiger partial charge in [-0.1, -0.05) is 6.07 Å². The first-order valence-corrected chi connectivity index (χ1v) is 7.49. The van der Waals surface area contributed by atoms with Crippen LogP contribution in [0.2, 0.25) is 0 Å². The summed E-state index contributed by atoms with van der Waals surface area (Å²) in [5, 5.41) is 3.05. The van der Waals surface area contributed by atoms with E-state index in [0.717, 1.165) is 37.4 Å². The zero-order valence-electron chi connectivity index (χ0n) is 12.8. The molecule has 0 saturated carbocycles.